The Hall–Kier alpha value is -0.790. The molecule has 0 aromatic carbocycles. The van der Waals surface area contributed by atoms with Crippen LogP contribution in [-0.2, 0) is 4.79 Å². The minimum Gasteiger partial charge on any atom is -0.371 e. The van der Waals surface area contributed by atoms with Crippen molar-refractivity contribution in [1.29, 1.82) is 0 Å². The van der Waals surface area contributed by atoms with Gasteiger partial charge >= 0.3 is 0 Å². The van der Waals surface area contributed by atoms with Crippen molar-refractivity contribution >= 4 is 6.29 Å². The molecule has 1 aliphatic rings. The van der Waals surface area contributed by atoms with Crippen molar-refractivity contribution in [2.45, 2.75) is 13.0 Å². The summed E-state index contributed by atoms with van der Waals surface area (Å²) in [6.45, 7) is 3.22. The van der Waals surface area contributed by atoms with Crippen LogP contribution in [0.5, 0.6) is 0 Å². The highest BCUT2D eigenvalue weighted by molar-refractivity contribution is 5.64. The second-order valence-corrected chi connectivity index (χ2v) is 2.02. The maximum absolute atomic E-state index is 9.73. The number of hydrogen-bond acceptors (Lipinski definition) is 2. The summed E-state index contributed by atoms with van der Waals surface area (Å²) in [6.07, 6.45) is 4.13. The van der Waals surface area contributed by atoms with E-state index in [1.165, 1.54) is 6.08 Å². The molecule has 1 atom stereocenters. The number of rotatable bonds is 2. The Kier molecular flexibility index (Phi) is 1.33. The summed E-state index contributed by atoms with van der Waals surface area (Å²) in [4.78, 5) is 11.8. The van der Waals surface area contributed by atoms with Gasteiger partial charge in [0.2, 0.25) is 0 Å². The number of allylic oxidation sites excluding steroid dienone is 1. The second-order valence-electron chi connectivity index (χ2n) is 2.02. The van der Waals surface area contributed by atoms with Crippen LogP contribution in [0.15, 0.2) is 12.3 Å². The van der Waals surface area contributed by atoms with Gasteiger partial charge in [-0.2, -0.15) is 0 Å². The average Bonchev–Trinajstić information content (AvgIpc) is 2.42. The van der Waals surface area contributed by atoms with Crippen LogP contribution in [0.4, 0.5) is 0 Å². The van der Waals surface area contributed by atoms with Crippen molar-refractivity contribution in [2.24, 2.45) is 0 Å². The molecular weight excluding hydrogens is 102 g/mol. The highest BCUT2D eigenvalue weighted by Crippen LogP contribution is 2.14. The quantitative estimate of drug-likeness (QED) is 0.292. The second kappa shape index (κ2) is 1.99. The molecule has 1 fully saturated rings. The molecule has 0 bridgehead atoms. The molecule has 0 N–H and O–H groups in total. The van der Waals surface area contributed by atoms with Crippen LogP contribution >= 0.6 is 0 Å². The molecule has 0 amide bonds. The molecule has 1 unspecified atom stereocenters. The van der Waals surface area contributed by atoms with E-state index in [1.54, 1.807) is 0 Å². The van der Waals surface area contributed by atoms with Crippen molar-refractivity contribution in [3.63, 3.8) is 0 Å². The molecule has 2 heteroatoms. The molecule has 1 heterocycles. The summed E-state index contributed by atoms with van der Waals surface area (Å²) in [6, 6.07) is 0.659. The van der Waals surface area contributed by atoms with Crippen LogP contribution in [0, 0.1) is 0 Å². The molecule has 1 rings (SSSR count). The zero-order valence-corrected chi connectivity index (χ0v) is 4.87. The van der Waals surface area contributed by atoms with E-state index in [2.05, 4.69) is 11.8 Å². The third-order valence-corrected chi connectivity index (χ3v) is 1.26. The number of carbonyl (C=O) groups excluding carboxylic acids is 1. The smallest absolute Gasteiger partial charge is 0.144 e. The first-order chi connectivity index (χ1) is 3.84. The maximum atomic E-state index is 9.73. The summed E-state index contributed by atoms with van der Waals surface area (Å²) in [5.41, 5.74) is 0. The first-order valence-electron chi connectivity index (χ1n) is 2.72. The predicted octanol–water partition coefficient (Wildman–Crippen LogP) is 0.403. The first-order valence-corrected chi connectivity index (χ1v) is 2.72. The van der Waals surface area contributed by atoms with Gasteiger partial charge in [-0.05, 0) is 13.0 Å². The molecule has 0 aliphatic carbocycles. The SMILES string of the molecule is CC1CN1C=CC=O. The average molecular weight is 111 g/mol. The molecule has 0 saturated carbocycles. The Morgan fingerprint density at radius 3 is 2.75 bits per heavy atom. The van der Waals surface area contributed by atoms with E-state index in [0.29, 0.717) is 6.04 Å². The van der Waals surface area contributed by atoms with Crippen molar-refractivity contribution in [3.8, 4) is 0 Å². The van der Waals surface area contributed by atoms with E-state index in [9.17, 15) is 4.79 Å². The number of aldehydes is 1. The fraction of sp³-hybridized carbons (Fsp3) is 0.500. The Bertz CT molecular complexity index is 120. The lowest BCUT2D eigenvalue weighted by Gasteiger charge is -1.86. The van der Waals surface area contributed by atoms with Gasteiger partial charge in [0.1, 0.15) is 6.29 Å². The largest absolute Gasteiger partial charge is 0.371 e. The van der Waals surface area contributed by atoms with Gasteiger partial charge in [-0.1, -0.05) is 0 Å². The van der Waals surface area contributed by atoms with Crippen molar-refractivity contribution in [1.82, 2.24) is 4.90 Å². The summed E-state index contributed by atoms with van der Waals surface area (Å²) in [5.74, 6) is 0. The van der Waals surface area contributed by atoms with E-state index in [1.807, 2.05) is 6.20 Å². The molecule has 1 aliphatic heterocycles. The van der Waals surface area contributed by atoms with Crippen molar-refractivity contribution in [3.05, 3.63) is 12.3 Å². The van der Waals surface area contributed by atoms with Gasteiger partial charge in [0, 0.05) is 18.8 Å². The molecule has 0 spiro atoms. The van der Waals surface area contributed by atoms with E-state index in [4.69, 9.17) is 0 Å². The van der Waals surface area contributed by atoms with E-state index in [0.717, 1.165) is 12.8 Å². The maximum Gasteiger partial charge on any atom is 0.144 e. The van der Waals surface area contributed by atoms with Gasteiger partial charge in [0.25, 0.3) is 0 Å². The van der Waals surface area contributed by atoms with E-state index >= 15 is 0 Å². The third kappa shape index (κ3) is 1.09. The highest BCUT2D eigenvalue weighted by atomic mass is 16.1. The molecule has 44 valence electrons. The molecule has 2 nitrogen and oxygen atoms in total. The Morgan fingerprint density at radius 1 is 1.75 bits per heavy atom. The highest BCUT2D eigenvalue weighted by Gasteiger charge is 2.24. The minimum absolute atomic E-state index is 0.659. The number of hydrogen-bond donors (Lipinski definition) is 0. The fourth-order valence-electron chi connectivity index (χ4n) is 0.611. The first kappa shape index (κ1) is 5.35. The zero-order chi connectivity index (χ0) is 5.98. The van der Waals surface area contributed by atoms with Crippen molar-refractivity contribution < 1.29 is 4.79 Å². The van der Waals surface area contributed by atoms with Gasteiger partial charge in [-0.3, -0.25) is 4.79 Å². The van der Waals surface area contributed by atoms with Crippen LogP contribution in [-0.4, -0.2) is 23.8 Å². The Morgan fingerprint density at radius 2 is 2.38 bits per heavy atom. The van der Waals surface area contributed by atoms with Crippen LogP contribution in [0.25, 0.3) is 0 Å². The van der Waals surface area contributed by atoms with Gasteiger partial charge in [0.15, 0.2) is 0 Å². The molecule has 0 aromatic heterocycles. The summed E-state index contributed by atoms with van der Waals surface area (Å²) in [5, 5.41) is 0. The molecular formula is C6H9NO. The van der Waals surface area contributed by atoms with Gasteiger partial charge in [0.05, 0.1) is 0 Å². The van der Waals surface area contributed by atoms with Crippen LogP contribution < -0.4 is 0 Å². The predicted molar refractivity (Wildman–Crippen MR) is 31.4 cm³/mol. The summed E-state index contributed by atoms with van der Waals surface area (Å²) < 4.78 is 0. The number of nitrogens with zero attached hydrogens (tertiary/aromatic N) is 1. The normalized spacial score (nSPS) is 26.6. The Balaban J connectivity index is 2.21. The number of carbonyl (C=O) groups is 1. The summed E-state index contributed by atoms with van der Waals surface area (Å²) in [7, 11) is 0. The third-order valence-electron chi connectivity index (χ3n) is 1.26. The molecule has 8 heavy (non-hydrogen) atoms. The lowest BCUT2D eigenvalue weighted by molar-refractivity contribution is -0.104. The molecule has 0 radical (unpaired) electrons. The Labute approximate surface area is 48.8 Å². The van der Waals surface area contributed by atoms with Crippen LogP contribution in [0.3, 0.4) is 0 Å². The topological polar surface area (TPSA) is 20.1 Å². The van der Waals surface area contributed by atoms with E-state index < -0.39 is 0 Å². The lowest BCUT2D eigenvalue weighted by Crippen LogP contribution is -1.85. The standard InChI is InChI=1S/C6H9NO/c1-6-5-7(6)3-2-4-8/h2-4,6H,5H2,1H3. The summed E-state index contributed by atoms with van der Waals surface area (Å²) >= 11 is 0. The lowest BCUT2D eigenvalue weighted by atomic mass is 10.6. The van der Waals surface area contributed by atoms with Crippen molar-refractivity contribution in [2.75, 3.05) is 6.54 Å². The van der Waals surface area contributed by atoms with Gasteiger partial charge < -0.3 is 4.90 Å². The van der Waals surface area contributed by atoms with Crippen LogP contribution in [0.1, 0.15) is 6.92 Å². The van der Waals surface area contributed by atoms with Gasteiger partial charge in [-0.25, -0.2) is 0 Å². The van der Waals surface area contributed by atoms with Crippen LogP contribution in [0.2, 0.25) is 0 Å². The monoisotopic (exact) mass is 111 g/mol. The fourth-order valence-corrected chi connectivity index (χ4v) is 0.611. The molecule has 0 aromatic rings. The van der Waals surface area contributed by atoms with E-state index in [-0.39, 0.29) is 0 Å². The molecule has 1 saturated heterocycles. The van der Waals surface area contributed by atoms with Gasteiger partial charge in [-0.15, -0.1) is 0 Å². The zero-order valence-electron chi connectivity index (χ0n) is 4.87. The minimum atomic E-state index is 0.659.